The molecule has 0 atom stereocenters. The molecule has 0 unspecified atom stereocenters. The number of carbonyl (C=O) groups excluding carboxylic acids is 1. The topological polar surface area (TPSA) is 77.2 Å². The Morgan fingerprint density at radius 3 is 2.57 bits per heavy atom. The van der Waals surface area contributed by atoms with Crippen LogP contribution in [0.5, 0.6) is 0 Å². The zero-order chi connectivity index (χ0) is 10.3. The second-order valence-corrected chi connectivity index (χ2v) is 4.78. The van der Waals surface area contributed by atoms with E-state index in [1.54, 1.807) is 12.1 Å². The Bertz CT molecular complexity index is 505. The SMILES string of the molecule is NS(=O)(=O)c1cccc2c1CCC2=O. The Balaban J connectivity index is 2.73. The molecular weight excluding hydrogens is 202 g/mol. The van der Waals surface area contributed by atoms with E-state index in [9.17, 15) is 13.2 Å². The van der Waals surface area contributed by atoms with Crippen molar-refractivity contribution in [2.75, 3.05) is 0 Å². The number of hydrogen-bond acceptors (Lipinski definition) is 3. The highest BCUT2D eigenvalue weighted by atomic mass is 32.2. The lowest BCUT2D eigenvalue weighted by Crippen LogP contribution is -2.14. The number of nitrogens with two attached hydrogens (primary N) is 1. The average molecular weight is 211 g/mol. The van der Waals surface area contributed by atoms with Gasteiger partial charge in [-0.05, 0) is 18.1 Å². The number of carbonyl (C=O) groups is 1. The molecule has 14 heavy (non-hydrogen) atoms. The fraction of sp³-hybridized carbons (Fsp3) is 0.222. The number of benzene rings is 1. The molecule has 1 aliphatic carbocycles. The Labute approximate surface area is 81.8 Å². The van der Waals surface area contributed by atoms with E-state index in [-0.39, 0.29) is 10.7 Å². The van der Waals surface area contributed by atoms with Gasteiger partial charge in [-0.2, -0.15) is 0 Å². The molecule has 0 aromatic heterocycles. The molecule has 0 saturated heterocycles. The minimum atomic E-state index is -3.70. The Hall–Kier alpha value is -1.20. The number of hydrogen-bond donors (Lipinski definition) is 1. The molecule has 0 heterocycles. The summed E-state index contributed by atoms with van der Waals surface area (Å²) in [6.07, 6.45) is 0.850. The van der Waals surface area contributed by atoms with Gasteiger partial charge < -0.3 is 0 Å². The molecule has 4 nitrogen and oxygen atoms in total. The third kappa shape index (κ3) is 1.34. The van der Waals surface area contributed by atoms with Gasteiger partial charge in [0.2, 0.25) is 10.0 Å². The lowest BCUT2D eigenvalue weighted by molar-refractivity contribution is 0.0994. The quantitative estimate of drug-likeness (QED) is 0.733. The predicted octanol–water partition coefficient (Wildman–Crippen LogP) is 0.463. The van der Waals surface area contributed by atoms with Crippen LogP contribution in [0.15, 0.2) is 23.1 Å². The van der Waals surface area contributed by atoms with Crippen LogP contribution in [0.3, 0.4) is 0 Å². The minimum absolute atomic E-state index is 0.00880. The van der Waals surface area contributed by atoms with E-state index in [2.05, 4.69) is 0 Å². The van der Waals surface area contributed by atoms with E-state index >= 15 is 0 Å². The largest absolute Gasteiger partial charge is 0.294 e. The van der Waals surface area contributed by atoms with Crippen molar-refractivity contribution >= 4 is 15.8 Å². The predicted molar refractivity (Wildman–Crippen MR) is 50.5 cm³/mol. The first-order valence-corrected chi connectivity index (χ1v) is 5.72. The third-order valence-corrected chi connectivity index (χ3v) is 3.34. The van der Waals surface area contributed by atoms with Crippen LogP contribution in [0.4, 0.5) is 0 Å². The van der Waals surface area contributed by atoms with Crippen LogP contribution in [0.25, 0.3) is 0 Å². The summed E-state index contributed by atoms with van der Waals surface area (Å²) in [6.45, 7) is 0. The van der Waals surface area contributed by atoms with E-state index in [1.807, 2.05) is 0 Å². The second kappa shape index (κ2) is 2.90. The summed E-state index contributed by atoms with van der Waals surface area (Å²) in [7, 11) is -3.70. The molecule has 0 amide bonds. The van der Waals surface area contributed by atoms with Crippen molar-refractivity contribution in [1.82, 2.24) is 0 Å². The first kappa shape index (κ1) is 9.36. The van der Waals surface area contributed by atoms with Crippen molar-refractivity contribution in [3.63, 3.8) is 0 Å². The zero-order valence-corrected chi connectivity index (χ0v) is 8.17. The van der Waals surface area contributed by atoms with Gasteiger partial charge >= 0.3 is 0 Å². The fourth-order valence-electron chi connectivity index (χ4n) is 1.72. The maximum atomic E-state index is 11.3. The summed E-state index contributed by atoms with van der Waals surface area (Å²) >= 11 is 0. The van der Waals surface area contributed by atoms with Crippen molar-refractivity contribution in [3.8, 4) is 0 Å². The summed E-state index contributed by atoms with van der Waals surface area (Å²) in [5, 5.41) is 5.04. The Kier molecular flexibility index (Phi) is 1.94. The normalized spacial score (nSPS) is 15.6. The summed E-state index contributed by atoms with van der Waals surface area (Å²) in [5.41, 5.74) is 1.07. The number of sulfonamides is 1. The van der Waals surface area contributed by atoms with E-state index in [0.717, 1.165) is 0 Å². The standard InChI is InChI=1S/C9H9NO3S/c10-14(12,13)9-3-1-2-6-7(9)4-5-8(6)11/h1-3H,4-5H2,(H2,10,12,13). The van der Waals surface area contributed by atoms with Gasteiger partial charge in [0.05, 0.1) is 4.90 Å². The van der Waals surface area contributed by atoms with Crippen molar-refractivity contribution in [1.29, 1.82) is 0 Å². The van der Waals surface area contributed by atoms with Crippen LogP contribution >= 0.6 is 0 Å². The molecule has 0 bridgehead atoms. The van der Waals surface area contributed by atoms with Gasteiger partial charge in [-0.25, -0.2) is 13.6 Å². The van der Waals surface area contributed by atoms with Crippen molar-refractivity contribution in [2.45, 2.75) is 17.7 Å². The van der Waals surface area contributed by atoms with E-state index < -0.39 is 10.0 Å². The highest BCUT2D eigenvalue weighted by molar-refractivity contribution is 7.89. The summed E-state index contributed by atoms with van der Waals surface area (Å²) in [4.78, 5) is 11.4. The minimum Gasteiger partial charge on any atom is -0.294 e. The van der Waals surface area contributed by atoms with Crippen LogP contribution in [-0.4, -0.2) is 14.2 Å². The number of Topliss-reactive ketones (excluding diaryl/α,β-unsaturated/α-hetero) is 1. The lowest BCUT2D eigenvalue weighted by Gasteiger charge is -2.03. The molecule has 0 saturated carbocycles. The molecule has 5 heteroatoms. The molecule has 0 aliphatic heterocycles. The van der Waals surface area contributed by atoms with Gasteiger partial charge in [-0.1, -0.05) is 12.1 Å². The zero-order valence-electron chi connectivity index (χ0n) is 7.36. The van der Waals surface area contributed by atoms with Gasteiger partial charge in [0.25, 0.3) is 0 Å². The molecule has 0 radical (unpaired) electrons. The Morgan fingerprint density at radius 1 is 1.21 bits per heavy atom. The van der Waals surface area contributed by atoms with Crippen LogP contribution in [0.2, 0.25) is 0 Å². The van der Waals surface area contributed by atoms with Crippen molar-refractivity contribution in [2.24, 2.45) is 5.14 Å². The van der Waals surface area contributed by atoms with Crippen LogP contribution in [0.1, 0.15) is 22.3 Å². The monoisotopic (exact) mass is 211 g/mol. The molecule has 0 spiro atoms. The smallest absolute Gasteiger partial charge is 0.238 e. The molecule has 1 aliphatic rings. The maximum absolute atomic E-state index is 11.3. The van der Waals surface area contributed by atoms with Gasteiger partial charge in [-0.3, -0.25) is 4.79 Å². The van der Waals surface area contributed by atoms with E-state index in [1.165, 1.54) is 6.07 Å². The summed E-state index contributed by atoms with van der Waals surface area (Å²) in [5.74, 6) is -0.00880. The number of ketones is 1. The van der Waals surface area contributed by atoms with Gasteiger partial charge in [0, 0.05) is 12.0 Å². The number of rotatable bonds is 1. The molecule has 1 aromatic rings. The van der Waals surface area contributed by atoms with Crippen LogP contribution in [-0.2, 0) is 16.4 Å². The lowest BCUT2D eigenvalue weighted by atomic mass is 10.1. The maximum Gasteiger partial charge on any atom is 0.238 e. The molecule has 74 valence electrons. The average Bonchev–Trinajstić information content (AvgIpc) is 2.46. The number of primary sulfonamides is 1. The van der Waals surface area contributed by atoms with Gasteiger partial charge in [-0.15, -0.1) is 0 Å². The molecule has 2 N–H and O–H groups in total. The molecule has 1 aromatic carbocycles. The highest BCUT2D eigenvalue weighted by Crippen LogP contribution is 2.27. The number of fused-ring (bicyclic) bond motifs is 1. The highest BCUT2D eigenvalue weighted by Gasteiger charge is 2.25. The van der Waals surface area contributed by atoms with E-state index in [0.29, 0.717) is 24.0 Å². The van der Waals surface area contributed by atoms with Crippen LogP contribution in [0, 0.1) is 0 Å². The van der Waals surface area contributed by atoms with Gasteiger partial charge in [0.15, 0.2) is 5.78 Å². The second-order valence-electron chi connectivity index (χ2n) is 3.25. The summed E-state index contributed by atoms with van der Waals surface area (Å²) in [6, 6.07) is 4.62. The first-order chi connectivity index (χ1) is 6.50. The fourth-order valence-corrected chi connectivity index (χ4v) is 2.55. The molecule has 2 rings (SSSR count). The van der Waals surface area contributed by atoms with Crippen molar-refractivity contribution in [3.05, 3.63) is 29.3 Å². The molecule has 0 fully saturated rings. The first-order valence-electron chi connectivity index (χ1n) is 4.18. The summed E-state index contributed by atoms with van der Waals surface area (Å²) < 4.78 is 22.3. The van der Waals surface area contributed by atoms with E-state index in [4.69, 9.17) is 5.14 Å². The van der Waals surface area contributed by atoms with Gasteiger partial charge in [0.1, 0.15) is 0 Å². The molecular formula is C9H9NO3S. The van der Waals surface area contributed by atoms with Crippen molar-refractivity contribution < 1.29 is 13.2 Å². The Morgan fingerprint density at radius 2 is 1.93 bits per heavy atom. The van der Waals surface area contributed by atoms with Crippen LogP contribution < -0.4 is 5.14 Å². The third-order valence-electron chi connectivity index (χ3n) is 2.34.